The van der Waals surface area contributed by atoms with E-state index in [9.17, 15) is 4.79 Å². The van der Waals surface area contributed by atoms with Crippen LogP contribution in [0, 0.1) is 5.92 Å². The quantitative estimate of drug-likeness (QED) is 0.865. The van der Waals surface area contributed by atoms with Gasteiger partial charge in [0.15, 0.2) is 0 Å². The van der Waals surface area contributed by atoms with Gasteiger partial charge >= 0.3 is 0 Å². The Hall–Kier alpha value is -0.770. The molecule has 0 aliphatic carbocycles. The molecule has 2 rings (SSSR count). The fraction of sp³-hybridized carbons (Fsp3) is 0.562. The van der Waals surface area contributed by atoms with Crippen LogP contribution in [0.3, 0.4) is 0 Å². The van der Waals surface area contributed by atoms with Gasteiger partial charge in [-0.3, -0.25) is 4.79 Å². The van der Waals surface area contributed by atoms with E-state index in [4.69, 9.17) is 11.6 Å². The lowest BCUT2D eigenvalue weighted by Crippen LogP contribution is -2.30. The molecule has 0 saturated carbocycles. The Morgan fingerprint density at radius 2 is 2.29 bits per heavy atom. The van der Waals surface area contributed by atoms with E-state index in [1.165, 1.54) is 6.42 Å². The van der Waals surface area contributed by atoms with Crippen LogP contribution in [0.2, 0.25) is 5.02 Å². The number of benzene rings is 1. The normalized spacial score (nSPS) is 17.3. The van der Waals surface area contributed by atoms with Crippen LogP contribution in [0.25, 0.3) is 0 Å². The van der Waals surface area contributed by atoms with Gasteiger partial charge in [-0.1, -0.05) is 23.7 Å². The molecule has 1 unspecified atom stereocenters. The van der Waals surface area contributed by atoms with E-state index in [0.29, 0.717) is 18.9 Å². The molecule has 1 heterocycles. The van der Waals surface area contributed by atoms with Crippen molar-refractivity contribution in [3.05, 3.63) is 34.9 Å². The van der Waals surface area contributed by atoms with Gasteiger partial charge < -0.3 is 10.2 Å². The predicted molar refractivity (Wildman–Crippen MR) is 90.0 cm³/mol. The zero-order valence-electron chi connectivity index (χ0n) is 12.5. The van der Waals surface area contributed by atoms with E-state index in [0.717, 1.165) is 36.6 Å². The molecule has 0 spiro atoms. The monoisotopic (exact) mass is 330 g/mol. The number of carbonyl (C=O) groups excluding carboxylic acids is 1. The minimum absolute atomic E-state index is 0. The third kappa shape index (κ3) is 5.85. The summed E-state index contributed by atoms with van der Waals surface area (Å²) in [6, 6.07) is 7.73. The molecule has 1 aliphatic heterocycles. The second-order valence-electron chi connectivity index (χ2n) is 5.44. The van der Waals surface area contributed by atoms with Gasteiger partial charge in [-0.25, -0.2) is 0 Å². The van der Waals surface area contributed by atoms with Crippen LogP contribution < -0.4 is 5.32 Å². The first-order valence-corrected chi connectivity index (χ1v) is 7.79. The van der Waals surface area contributed by atoms with E-state index < -0.39 is 0 Å². The molecule has 1 saturated heterocycles. The molecule has 1 fully saturated rings. The van der Waals surface area contributed by atoms with Crippen molar-refractivity contribution in [2.24, 2.45) is 5.92 Å². The molecule has 1 N–H and O–H groups in total. The first kappa shape index (κ1) is 18.3. The van der Waals surface area contributed by atoms with Gasteiger partial charge in [0, 0.05) is 24.5 Å². The standard InChI is InChI=1S/C16H23ClN2O.ClH/c1-2-19(12-14-4-3-5-15(17)10-14)16(20)7-6-13-8-9-18-11-13;/h3-5,10,13,18H,2,6-9,11-12H2,1H3;1H. The van der Waals surface area contributed by atoms with Crippen molar-refractivity contribution < 1.29 is 4.79 Å². The van der Waals surface area contributed by atoms with Crippen LogP contribution in [0.5, 0.6) is 0 Å². The van der Waals surface area contributed by atoms with Crippen LogP contribution in [-0.2, 0) is 11.3 Å². The smallest absolute Gasteiger partial charge is 0.222 e. The Labute approximate surface area is 138 Å². The SMILES string of the molecule is CCN(Cc1cccc(Cl)c1)C(=O)CCC1CCNC1.Cl. The maximum atomic E-state index is 12.3. The highest BCUT2D eigenvalue weighted by Crippen LogP contribution is 2.17. The van der Waals surface area contributed by atoms with Gasteiger partial charge in [-0.05, 0) is 56.5 Å². The average Bonchev–Trinajstić information content (AvgIpc) is 2.95. The summed E-state index contributed by atoms with van der Waals surface area (Å²) >= 11 is 5.99. The number of halogens is 2. The van der Waals surface area contributed by atoms with Crippen molar-refractivity contribution >= 4 is 29.9 Å². The molecule has 21 heavy (non-hydrogen) atoms. The minimum Gasteiger partial charge on any atom is -0.339 e. The molecule has 1 atom stereocenters. The maximum Gasteiger partial charge on any atom is 0.222 e. The second-order valence-corrected chi connectivity index (χ2v) is 5.87. The topological polar surface area (TPSA) is 32.3 Å². The van der Waals surface area contributed by atoms with Crippen molar-refractivity contribution in [2.45, 2.75) is 32.7 Å². The van der Waals surface area contributed by atoms with Crippen molar-refractivity contribution in [3.63, 3.8) is 0 Å². The number of hydrogen-bond acceptors (Lipinski definition) is 2. The van der Waals surface area contributed by atoms with Crippen LogP contribution in [-0.4, -0.2) is 30.4 Å². The van der Waals surface area contributed by atoms with E-state index in [2.05, 4.69) is 5.32 Å². The number of amides is 1. The number of nitrogens with zero attached hydrogens (tertiary/aromatic N) is 1. The highest BCUT2D eigenvalue weighted by molar-refractivity contribution is 6.30. The van der Waals surface area contributed by atoms with Gasteiger partial charge in [0.25, 0.3) is 0 Å². The molecule has 1 aromatic carbocycles. The maximum absolute atomic E-state index is 12.3. The fourth-order valence-electron chi connectivity index (χ4n) is 2.68. The van der Waals surface area contributed by atoms with Crippen LogP contribution in [0.15, 0.2) is 24.3 Å². The number of nitrogens with one attached hydrogen (secondary N) is 1. The highest BCUT2D eigenvalue weighted by atomic mass is 35.5. The first-order chi connectivity index (χ1) is 9.69. The Kier molecular flexibility index (Phi) is 8.09. The largest absolute Gasteiger partial charge is 0.339 e. The van der Waals surface area contributed by atoms with Gasteiger partial charge in [0.1, 0.15) is 0 Å². The number of hydrogen-bond donors (Lipinski definition) is 1. The van der Waals surface area contributed by atoms with Gasteiger partial charge in [0.05, 0.1) is 0 Å². The van der Waals surface area contributed by atoms with Crippen molar-refractivity contribution in [1.29, 1.82) is 0 Å². The summed E-state index contributed by atoms with van der Waals surface area (Å²) in [7, 11) is 0. The summed E-state index contributed by atoms with van der Waals surface area (Å²) in [6.45, 7) is 5.58. The van der Waals surface area contributed by atoms with Crippen molar-refractivity contribution in [1.82, 2.24) is 10.2 Å². The summed E-state index contributed by atoms with van der Waals surface area (Å²) in [5, 5.41) is 4.07. The molecule has 118 valence electrons. The zero-order valence-corrected chi connectivity index (χ0v) is 14.1. The highest BCUT2D eigenvalue weighted by Gasteiger charge is 2.18. The Bertz CT molecular complexity index is 448. The predicted octanol–water partition coefficient (Wildman–Crippen LogP) is 3.50. The molecule has 1 aliphatic rings. The van der Waals surface area contributed by atoms with Crippen LogP contribution >= 0.6 is 24.0 Å². The lowest BCUT2D eigenvalue weighted by atomic mass is 10.0. The van der Waals surface area contributed by atoms with E-state index >= 15 is 0 Å². The second kappa shape index (κ2) is 9.29. The van der Waals surface area contributed by atoms with Crippen molar-refractivity contribution in [3.8, 4) is 0 Å². The zero-order chi connectivity index (χ0) is 14.4. The Morgan fingerprint density at radius 3 is 2.90 bits per heavy atom. The van der Waals surface area contributed by atoms with Crippen LogP contribution in [0.1, 0.15) is 31.7 Å². The van der Waals surface area contributed by atoms with Gasteiger partial charge in [-0.2, -0.15) is 0 Å². The Morgan fingerprint density at radius 1 is 1.48 bits per heavy atom. The lowest BCUT2D eigenvalue weighted by molar-refractivity contribution is -0.131. The molecular formula is C16H24Cl2N2O. The third-order valence-corrected chi connectivity index (χ3v) is 4.16. The first-order valence-electron chi connectivity index (χ1n) is 7.42. The molecule has 1 amide bonds. The molecule has 1 aromatic rings. The van der Waals surface area contributed by atoms with E-state index in [1.807, 2.05) is 36.1 Å². The molecule has 5 heteroatoms. The summed E-state index contributed by atoms with van der Waals surface area (Å²) in [4.78, 5) is 14.2. The number of carbonyl (C=O) groups is 1. The lowest BCUT2D eigenvalue weighted by Gasteiger charge is -2.22. The average molecular weight is 331 g/mol. The van der Waals surface area contributed by atoms with Gasteiger partial charge in [0.2, 0.25) is 5.91 Å². The van der Waals surface area contributed by atoms with E-state index in [1.54, 1.807) is 0 Å². The number of rotatable bonds is 6. The summed E-state index contributed by atoms with van der Waals surface area (Å²) in [5.41, 5.74) is 1.09. The van der Waals surface area contributed by atoms with E-state index in [-0.39, 0.29) is 18.3 Å². The fourth-order valence-corrected chi connectivity index (χ4v) is 2.89. The molecule has 0 radical (unpaired) electrons. The minimum atomic E-state index is 0. The molecule has 0 aromatic heterocycles. The van der Waals surface area contributed by atoms with Crippen LogP contribution in [0.4, 0.5) is 0 Å². The summed E-state index contributed by atoms with van der Waals surface area (Å²) in [6.07, 6.45) is 2.85. The van der Waals surface area contributed by atoms with Crippen molar-refractivity contribution in [2.75, 3.05) is 19.6 Å². The molecule has 0 bridgehead atoms. The third-order valence-electron chi connectivity index (χ3n) is 3.93. The molecule has 3 nitrogen and oxygen atoms in total. The molecular weight excluding hydrogens is 307 g/mol. The summed E-state index contributed by atoms with van der Waals surface area (Å²) < 4.78 is 0. The van der Waals surface area contributed by atoms with Gasteiger partial charge in [-0.15, -0.1) is 12.4 Å². The Balaban J connectivity index is 0.00000220. The summed E-state index contributed by atoms with van der Waals surface area (Å²) in [5.74, 6) is 0.920.